The maximum absolute atomic E-state index is 10.3. The van der Waals surface area contributed by atoms with Gasteiger partial charge in [0.2, 0.25) is 0 Å². The lowest BCUT2D eigenvalue weighted by Crippen LogP contribution is -1.96. The molecule has 0 aliphatic heterocycles. The number of hydrogen-bond donors (Lipinski definition) is 2. The van der Waals surface area contributed by atoms with Crippen LogP contribution in [0.4, 0.5) is 0 Å². The third-order valence-corrected chi connectivity index (χ3v) is 1.78. The Morgan fingerprint density at radius 3 is 2.40 bits per heavy atom. The highest BCUT2D eigenvalue weighted by Gasteiger charge is 2.12. The number of nitrogens with one attached hydrogen (secondary N) is 1. The molecule has 0 amide bonds. The molecule has 6 heteroatoms. The summed E-state index contributed by atoms with van der Waals surface area (Å²) in [5, 5.41) is 8.45. The van der Waals surface area contributed by atoms with Gasteiger partial charge >= 0.3 is 5.97 Å². The third-order valence-electron chi connectivity index (χ3n) is 0.833. The summed E-state index contributed by atoms with van der Waals surface area (Å²) in [4.78, 5) is 16.6. The Morgan fingerprint density at radius 1 is 1.60 bits per heavy atom. The van der Waals surface area contributed by atoms with Gasteiger partial charge in [-0.15, -0.1) is 0 Å². The van der Waals surface area contributed by atoms with Crippen LogP contribution >= 0.6 is 31.9 Å². The van der Waals surface area contributed by atoms with Crippen LogP contribution in [0.1, 0.15) is 10.5 Å². The number of carbonyl (C=O) groups is 1. The van der Waals surface area contributed by atoms with Gasteiger partial charge < -0.3 is 10.1 Å². The molecule has 1 aromatic rings. The first-order valence-corrected chi connectivity index (χ1v) is 3.84. The van der Waals surface area contributed by atoms with Gasteiger partial charge in [0.05, 0.1) is 0 Å². The van der Waals surface area contributed by atoms with Crippen LogP contribution in [0, 0.1) is 0 Å². The summed E-state index contributed by atoms with van der Waals surface area (Å²) in [6.45, 7) is 0. The Kier molecular flexibility index (Phi) is 2.10. The zero-order chi connectivity index (χ0) is 7.72. The molecule has 4 nitrogen and oxygen atoms in total. The molecule has 0 fully saturated rings. The molecule has 2 N–H and O–H groups in total. The Morgan fingerprint density at radius 2 is 2.20 bits per heavy atom. The molecular weight excluding hydrogens is 268 g/mol. The predicted octanol–water partition coefficient (Wildman–Crippen LogP) is 1.63. The van der Waals surface area contributed by atoms with Gasteiger partial charge in [-0.1, -0.05) is 0 Å². The van der Waals surface area contributed by atoms with E-state index in [1.54, 1.807) is 0 Å². The number of nitrogens with zero attached hydrogens (tertiary/aromatic N) is 1. The smallest absolute Gasteiger partial charge is 0.357 e. The zero-order valence-electron chi connectivity index (χ0n) is 4.56. The van der Waals surface area contributed by atoms with E-state index in [-0.39, 0.29) is 5.69 Å². The van der Waals surface area contributed by atoms with E-state index in [0.717, 1.165) is 0 Å². The molecule has 1 rings (SSSR count). The second-order valence-corrected chi connectivity index (χ2v) is 3.04. The lowest BCUT2D eigenvalue weighted by atomic mass is 10.5. The zero-order valence-corrected chi connectivity index (χ0v) is 7.73. The van der Waals surface area contributed by atoms with Crippen molar-refractivity contribution in [3.8, 4) is 0 Å². The van der Waals surface area contributed by atoms with Crippen LogP contribution in [0.15, 0.2) is 9.34 Å². The van der Waals surface area contributed by atoms with Crippen molar-refractivity contribution in [1.29, 1.82) is 0 Å². The molecule has 0 saturated heterocycles. The third kappa shape index (κ3) is 1.38. The van der Waals surface area contributed by atoms with E-state index < -0.39 is 5.97 Å². The minimum absolute atomic E-state index is 0.0214. The van der Waals surface area contributed by atoms with Crippen molar-refractivity contribution >= 4 is 37.8 Å². The number of aromatic carboxylic acids is 1. The normalized spacial score (nSPS) is 9.80. The van der Waals surface area contributed by atoms with Gasteiger partial charge in [-0.3, -0.25) is 0 Å². The largest absolute Gasteiger partial charge is 0.476 e. The van der Waals surface area contributed by atoms with Crippen molar-refractivity contribution in [2.45, 2.75) is 0 Å². The topological polar surface area (TPSA) is 66.0 Å². The van der Waals surface area contributed by atoms with E-state index in [9.17, 15) is 4.79 Å². The SMILES string of the molecule is O=C(O)c1nc(Br)[nH]c1Br. The van der Waals surface area contributed by atoms with E-state index >= 15 is 0 Å². The molecule has 1 heterocycles. The Bertz CT molecular complexity index is 270. The number of aromatic amines is 1. The lowest BCUT2D eigenvalue weighted by molar-refractivity contribution is 0.0690. The standard InChI is InChI=1S/C4H2Br2N2O2/c5-2-1(3(9)10)7-4(6)8-2/h(H,7,8)(H,9,10). The fourth-order valence-corrected chi connectivity index (χ4v) is 1.55. The van der Waals surface area contributed by atoms with Gasteiger partial charge in [0, 0.05) is 0 Å². The average Bonchev–Trinajstić information content (AvgIpc) is 2.10. The number of halogens is 2. The highest BCUT2D eigenvalue weighted by molar-refractivity contribution is 9.11. The monoisotopic (exact) mass is 268 g/mol. The van der Waals surface area contributed by atoms with E-state index in [4.69, 9.17) is 5.11 Å². The van der Waals surface area contributed by atoms with Crippen molar-refractivity contribution < 1.29 is 9.90 Å². The second-order valence-electron chi connectivity index (χ2n) is 1.50. The molecule has 0 spiro atoms. The number of rotatable bonds is 1. The van der Waals surface area contributed by atoms with E-state index in [1.807, 2.05) is 0 Å². The summed E-state index contributed by atoms with van der Waals surface area (Å²) in [7, 11) is 0. The van der Waals surface area contributed by atoms with Crippen LogP contribution in [-0.4, -0.2) is 21.0 Å². The number of aromatic nitrogens is 2. The summed E-state index contributed by atoms with van der Waals surface area (Å²) in [6, 6.07) is 0. The van der Waals surface area contributed by atoms with Crippen molar-refractivity contribution in [1.82, 2.24) is 9.97 Å². The summed E-state index contributed by atoms with van der Waals surface area (Å²) in [5.74, 6) is -1.06. The number of carboxylic acid groups (broad SMARTS) is 1. The molecule has 0 unspecified atom stereocenters. The quantitative estimate of drug-likeness (QED) is 0.815. The van der Waals surface area contributed by atoms with Crippen molar-refractivity contribution in [3.63, 3.8) is 0 Å². The molecule has 54 valence electrons. The first-order chi connectivity index (χ1) is 4.61. The molecule has 0 bridgehead atoms. The molecule has 10 heavy (non-hydrogen) atoms. The van der Waals surface area contributed by atoms with Gasteiger partial charge in [-0.2, -0.15) is 0 Å². The van der Waals surface area contributed by atoms with Crippen LogP contribution in [0.3, 0.4) is 0 Å². The Hall–Kier alpha value is -0.360. The van der Waals surface area contributed by atoms with Crippen LogP contribution in [0.25, 0.3) is 0 Å². The predicted molar refractivity (Wildman–Crippen MR) is 40.9 cm³/mol. The molecule has 0 aliphatic rings. The van der Waals surface area contributed by atoms with Crippen molar-refractivity contribution in [3.05, 3.63) is 15.0 Å². The van der Waals surface area contributed by atoms with E-state index in [0.29, 0.717) is 9.34 Å². The van der Waals surface area contributed by atoms with E-state index in [2.05, 4.69) is 41.8 Å². The highest BCUT2D eigenvalue weighted by atomic mass is 79.9. The lowest BCUT2D eigenvalue weighted by Gasteiger charge is -1.83. The molecule has 0 aliphatic carbocycles. The molecule has 0 atom stereocenters. The fourth-order valence-electron chi connectivity index (χ4n) is 0.467. The number of carboxylic acids is 1. The summed E-state index contributed by atoms with van der Waals surface area (Å²) in [6.07, 6.45) is 0. The summed E-state index contributed by atoms with van der Waals surface area (Å²) in [5.41, 5.74) is -0.0214. The van der Waals surface area contributed by atoms with Crippen molar-refractivity contribution in [2.75, 3.05) is 0 Å². The van der Waals surface area contributed by atoms with Crippen LogP contribution < -0.4 is 0 Å². The minimum Gasteiger partial charge on any atom is -0.476 e. The maximum atomic E-state index is 10.3. The molecule has 0 radical (unpaired) electrons. The molecular formula is C4H2Br2N2O2. The molecule has 0 saturated carbocycles. The average molecular weight is 270 g/mol. The first kappa shape index (κ1) is 7.74. The van der Waals surface area contributed by atoms with Crippen LogP contribution in [0.2, 0.25) is 0 Å². The first-order valence-electron chi connectivity index (χ1n) is 2.25. The fraction of sp³-hybridized carbons (Fsp3) is 0. The maximum Gasteiger partial charge on any atom is 0.357 e. The number of H-pyrrole nitrogens is 1. The molecule has 1 aromatic heterocycles. The Labute approximate surface area is 72.9 Å². The number of hydrogen-bond acceptors (Lipinski definition) is 2. The van der Waals surface area contributed by atoms with Crippen LogP contribution in [-0.2, 0) is 0 Å². The van der Waals surface area contributed by atoms with Crippen molar-refractivity contribution in [2.24, 2.45) is 0 Å². The Balaban J connectivity index is 3.15. The highest BCUT2D eigenvalue weighted by Crippen LogP contribution is 2.16. The summed E-state index contributed by atoms with van der Waals surface area (Å²) < 4.78 is 0.767. The second kappa shape index (κ2) is 2.71. The van der Waals surface area contributed by atoms with E-state index in [1.165, 1.54) is 0 Å². The van der Waals surface area contributed by atoms with Gasteiger partial charge in [-0.25, -0.2) is 9.78 Å². The number of imidazole rings is 1. The van der Waals surface area contributed by atoms with Gasteiger partial charge in [0.15, 0.2) is 10.4 Å². The summed E-state index contributed by atoms with van der Waals surface area (Å²) >= 11 is 5.98. The van der Waals surface area contributed by atoms with Gasteiger partial charge in [0.1, 0.15) is 4.60 Å². The van der Waals surface area contributed by atoms with Crippen LogP contribution in [0.5, 0.6) is 0 Å². The van der Waals surface area contributed by atoms with Gasteiger partial charge in [0.25, 0.3) is 0 Å². The minimum atomic E-state index is -1.06. The van der Waals surface area contributed by atoms with Gasteiger partial charge in [-0.05, 0) is 31.9 Å². The molecule has 0 aromatic carbocycles.